The summed E-state index contributed by atoms with van der Waals surface area (Å²) in [4.78, 5) is 2.35. The lowest BCUT2D eigenvalue weighted by Crippen LogP contribution is -2.37. The van der Waals surface area contributed by atoms with Crippen LogP contribution in [-0.4, -0.2) is 45.4 Å². The summed E-state index contributed by atoms with van der Waals surface area (Å²) in [5.74, 6) is 2.42. The van der Waals surface area contributed by atoms with Crippen LogP contribution in [0, 0.1) is 5.92 Å². The molecule has 1 atom stereocenters. The molecule has 4 heteroatoms. The van der Waals surface area contributed by atoms with Crippen LogP contribution >= 0.6 is 7.92 Å². The van der Waals surface area contributed by atoms with E-state index < -0.39 is 7.92 Å². The Balaban J connectivity index is 2.38. The fourth-order valence-corrected chi connectivity index (χ4v) is 5.90. The summed E-state index contributed by atoms with van der Waals surface area (Å²) in [6.07, 6.45) is 1.14. The molecule has 2 aromatic carbocycles. The molecule has 0 saturated heterocycles. The molecule has 0 fully saturated rings. The molecule has 0 spiro atoms. The average molecular weight is 359 g/mol. The second kappa shape index (κ2) is 9.22. The molecule has 0 radical (unpaired) electrons. The topological polar surface area (TPSA) is 21.7 Å². The lowest BCUT2D eigenvalue weighted by atomic mass is 10.1. The number of benzene rings is 2. The number of rotatable bonds is 8. The Kier molecular flexibility index (Phi) is 7.28. The van der Waals surface area contributed by atoms with Crippen molar-refractivity contribution in [1.29, 1.82) is 0 Å². The summed E-state index contributed by atoms with van der Waals surface area (Å²) in [5, 5.41) is 2.77. The van der Waals surface area contributed by atoms with Gasteiger partial charge in [-0.3, -0.25) is 0 Å². The summed E-state index contributed by atoms with van der Waals surface area (Å²) >= 11 is 0. The van der Waals surface area contributed by atoms with E-state index in [9.17, 15) is 0 Å². The molecule has 0 amide bonds. The maximum atomic E-state index is 5.32. The summed E-state index contributed by atoms with van der Waals surface area (Å²) < 4.78 is 10.6. The molecule has 0 aliphatic rings. The Bertz CT molecular complexity index is 582. The van der Waals surface area contributed by atoms with Gasteiger partial charge in [0, 0.05) is 6.04 Å². The molecule has 0 aromatic heterocycles. The minimum Gasteiger partial charge on any atom is -0.497 e. The van der Waals surface area contributed by atoms with Crippen LogP contribution in [0.15, 0.2) is 48.5 Å². The van der Waals surface area contributed by atoms with Gasteiger partial charge in [-0.25, -0.2) is 0 Å². The molecule has 25 heavy (non-hydrogen) atoms. The minimum absolute atomic E-state index is 0.443. The van der Waals surface area contributed by atoms with E-state index in [4.69, 9.17) is 9.47 Å². The first-order chi connectivity index (χ1) is 12.0. The van der Waals surface area contributed by atoms with Gasteiger partial charge in [-0.15, -0.1) is 0 Å². The lowest BCUT2D eigenvalue weighted by Gasteiger charge is -2.32. The average Bonchev–Trinajstić information content (AvgIpc) is 2.62. The van der Waals surface area contributed by atoms with E-state index in [-0.39, 0.29) is 0 Å². The van der Waals surface area contributed by atoms with Crippen molar-refractivity contribution in [1.82, 2.24) is 4.90 Å². The standard InChI is InChI=1S/C21H30NO2P/c1-16(2)21(22(3)4)15-25(19-11-7-17(23-5)8-12-19)20-13-9-18(24-6)10-14-20/h7-14,16,21H,15H2,1-6H3/t21-/m1/s1. The van der Waals surface area contributed by atoms with Crippen LogP contribution in [0.3, 0.4) is 0 Å². The highest BCUT2D eigenvalue weighted by Gasteiger charge is 2.23. The Morgan fingerprint density at radius 3 is 1.48 bits per heavy atom. The zero-order chi connectivity index (χ0) is 18.4. The first kappa shape index (κ1) is 19.8. The molecule has 0 aliphatic carbocycles. The summed E-state index contributed by atoms with van der Waals surface area (Å²) in [6.45, 7) is 4.61. The summed E-state index contributed by atoms with van der Waals surface area (Å²) in [5.41, 5.74) is 0. The van der Waals surface area contributed by atoms with Gasteiger partial charge in [-0.05, 0) is 69.0 Å². The van der Waals surface area contributed by atoms with Crippen LogP contribution in [0.5, 0.6) is 11.5 Å². The van der Waals surface area contributed by atoms with Crippen molar-refractivity contribution >= 4 is 18.5 Å². The first-order valence-corrected chi connectivity index (χ1v) is 10.2. The number of nitrogens with zero attached hydrogens (tertiary/aromatic N) is 1. The molecule has 2 aromatic rings. The molecular formula is C21H30NO2P. The lowest BCUT2D eigenvalue weighted by molar-refractivity contribution is 0.255. The van der Waals surface area contributed by atoms with Gasteiger partial charge in [0.05, 0.1) is 14.2 Å². The van der Waals surface area contributed by atoms with Gasteiger partial charge >= 0.3 is 0 Å². The Morgan fingerprint density at radius 1 is 0.800 bits per heavy atom. The number of methoxy groups -OCH3 is 2. The second-order valence-corrected chi connectivity index (χ2v) is 9.04. The van der Waals surface area contributed by atoms with Crippen LogP contribution in [-0.2, 0) is 0 Å². The fourth-order valence-electron chi connectivity index (χ4n) is 3.04. The molecule has 136 valence electrons. The predicted octanol–water partition coefficient (Wildman–Crippen LogP) is 3.72. The number of hydrogen-bond acceptors (Lipinski definition) is 3. The van der Waals surface area contributed by atoms with Crippen molar-refractivity contribution in [2.24, 2.45) is 5.92 Å². The maximum absolute atomic E-state index is 5.32. The van der Waals surface area contributed by atoms with E-state index in [1.165, 1.54) is 10.6 Å². The Hall–Kier alpha value is -1.57. The van der Waals surface area contributed by atoms with Crippen LogP contribution in [0.1, 0.15) is 13.8 Å². The molecule has 0 aliphatic heterocycles. The Morgan fingerprint density at radius 2 is 1.20 bits per heavy atom. The van der Waals surface area contributed by atoms with Crippen molar-refractivity contribution in [2.75, 3.05) is 34.5 Å². The van der Waals surface area contributed by atoms with E-state index in [0.29, 0.717) is 12.0 Å². The maximum Gasteiger partial charge on any atom is 0.118 e. The van der Waals surface area contributed by atoms with Gasteiger partial charge in [0.2, 0.25) is 0 Å². The largest absolute Gasteiger partial charge is 0.497 e. The zero-order valence-electron chi connectivity index (χ0n) is 16.2. The molecule has 0 bridgehead atoms. The first-order valence-electron chi connectivity index (χ1n) is 8.68. The van der Waals surface area contributed by atoms with Crippen LogP contribution in [0.25, 0.3) is 0 Å². The highest BCUT2D eigenvalue weighted by Crippen LogP contribution is 2.37. The minimum atomic E-state index is -0.443. The van der Waals surface area contributed by atoms with Gasteiger partial charge < -0.3 is 14.4 Å². The third-order valence-electron chi connectivity index (χ3n) is 4.57. The third-order valence-corrected chi connectivity index (χ3v) is 7.15. The van der Waals surface area contributed by atoms with Gasteiger partial charge in [0.25, 0.3) is 0 Å². The Labute approximate surface area is 153 Å². The van der Waals surface area contributed by atoms with Gasteiger partial charge in [0.1, 0.15) is 11.5 Å². The molecule has 0 N–H and O–H groups in total. The smallest absolute Gasteiger partial charge is 0.118 e. The normalized spacial score (nSPS) is 12.7. The molecule has 0 heterocycles. The SMILES string of the molecule is COc1ccc(P(C[C@H](C(C)C)N(C)C)c2ccc(OC)cc2)cc1. The fraction of sp³-hybridized carbons (Fsp3) is 0.429. The van der Waals surface area contributed by atoms with E-state index >= 15 is 0 Å². The van der Waals surface area contributed by atoms with E-state index in [2.05, 4.69) is 81.4 Å². The van der Waals surface area contributed by atoms with Crippen LogP contribution in [0.2, 0.25) is 0 Å². The van der Waals surface area contributed by atoms with Gasteiger partial charge in [0.15, 0.2) is 0 Å². The monoisotopic (exact) mass is 359 g/mol. The summed E-state index contributed by atoms with van der Waals surface area (Å²) in [7, 11) is 7.34. The highest BCUT2D eigenvalue weighted by molar-refractivity contribution is 7.73. The molecule has 2 rings (SSSR count). The van der Waals surface area contributed by atoms with Crippen LogP contribution < -0.4 is 20.1 Å². The second-order valence-electron chi connectivity index (χ2n) is 6.78. The zero-order valence-corrected chi connectivity index (χ0v) is 17.1. The quantitative estimate of drug-likeness (QED) is 0.671. The van der Waals surface area contributed by atoms with E-state index in [0.717, 1.165) is 17.7 Å². The van der Waals surface area contributed by atoms with Crippen molar-refractivity contribution in [3.63, 3.8) is 0 Å². The van der Waals surface area contributed by atoms with Crippen molar-refractivity contribution in [2.45, 2.75) is 19.9 Å². The molecule has 0 unspecified atom stereocenters. The number of ether oxygens (including phenoxy) is 2. The molecule has 0 saturated carbocycles. The van der Waals surface area contributed by atoms with Crippen molar-refractivity contribution in [3.05, 3.63) is 48.5 Å². The molecule has 3 nitrogen and oxygen atoms in total. The van der Waals surface area contributed by atoms with E-state index in [1.807, 2.05) is 0 Å². The summed E-state index contributed by atoms with van der Waals surface area (Å²) in [6, 6.07) is 17.6. The third kappa shape index (κ3) is 5.20. The highest BCUT2D eigenvalue weighted by atomic mass is 31.1. The van der Waals surface area contributed by atoms with Crippen molar-refractivity contribution < 1.29 is 9.47 Å². The van der Waals surface area contributed by atoms with Gasteiger partial charge in [-0.1, -0.05) is 38.1 Å². The molecular weight excluding hydrogens is 329 g/mol. The number of hydrogen-bond donors (Lipinski definition) is 0. The predicted molar refractivity (Wildman–Crippen MR) is 109 cm³/mol. The van der Waals surface area contributed by atoms with Crippen molar-refractivity contribution in [3.8, 4) is 11.5 Å². The van der Waals surface area contributed by atoms with Crippen LogP contribution in [0.4, 0.5) is 0 Å². The van der Waals surface area contributed by atoms with Gasteiger partial charge in [-0.2, -0.15) is 0 Å². The van der Waals surface area contributed by atoms with E-state index in [1.54, 1.807) is 14.2 Å².